The van der Waals surface area contributed by atoms with Crippen LogP contribution in [0.1, 0.15) is 59.8 Å². The Morgan fingerprint density at radius 2 is 1.59 bits per heavy atom. The minimum Gasteiger partial charge on any atom is -0.385 e. The van der Waals surface area contributed by atoms with Gasteiger partial charge >= 0.3 is 0 Å². The van der Waals surface area contributed by atoms with Crippen molar-refractivity contribution in [1.29, 1.82) is 0 Å². The van der Waals surface area contributed by atoms with E-state index in [1.54, 1.807) is 7.11 Å². The fourth-order valence-corrected chi connectivity index (χ4v) is 2.80. The molecule has 0 saturated heterocycles. The molecule has 104 valence electrons. The third-order valence-corrected chi connectivity index (χ3v) is 3.66. The molecule has 0 aliphatic carbocycles. The summed E-state index contributed by atoms with van der Waals surface area (Å²) in [5.74, 6) is 1.54. The van der Waals surface area contributed by atoms with Crippen LogP contribution in [0.2, 0.25) is 0 Å². The zero-order valence-electron chi connectivity index (χ0n) is 12.6. The van der Waals surface area contributed by atoms with Gasteiger partial charge in [-0.2, -0.15) is 0 Å². The zero-order chi connectivity index (χ0) is 13.1. The molecule has 0 aliphatic heterocycles. The lowest BCUT2D eigenvalue weighted by Gasteiger charge is -2.32. The summed E-state index contributed by atoms with van der Waals surface area (Å²) in [5.41, 5.74) is 0. The second-order valence-electron chi connectivity index (χ2n) is 5.18. The lowest BCUT2D eigenvalue weighted by molar-refractivity contribution is 0.153. The highest BCUT2D eigenvalue weighted by Crippen LogP contribution is 2.24. The van der Waals surface area contributed by atoms with E-state index in [0.29, 0.717) is 12.0 Å². The van der Waals surface area contributed by atoms with Gasteiger partial charge in [-0.1, -0.05) is 40.5 Å². The topological polar surface area (TPSA) is 21.3 Å². The Kier molecular flexibility index (Phi) is 11.0. The average Bonchev–Trinajstić information content (AvgIpc) is 2.33. The molecule has 2 unspecified atom stereocenters. The molecule has 0 bridgehead atoms. The molecular formula is C15H33NO. The molecule has 2 atom stereocenters. The van der Waals surface area contributed by atoms with E-state index in [2.05, 4.69) is 33.0 Å². The molecule has 0 radical (unpaired) electrons. The van der Waals surface area contributed by atoms with E-state index in [4.69, 9.17) is 4.74 Å². The van der Waals surface area contributed by atoms with Crippen LogP contribution in [-0.2, 0) is 4.74 Å². The summed E-state index contributed by atoms with van der Waals surface area (Å²) in [5, 5.41) is 3.71. The summed E-state index contributed by atoms with van der Waals surface area (Å²) < 4.78 is 5.21. The van der Waals surface area contributed by atoms with Crippen LogP contribution in [0.15, 0.2) is 0 Å². The molecule has 0 rings (SSSR count). The Balaban J connectivity index is 4.40. The Bertz CT molecular complexity index is 155. The van der Waals surface area contributed by atoms with Crippen LogP contribution < -0.4 is 5.32 Å². The molecule has 0 fully saturated rings. The monoisotopic (exact) mass is 243 g/mol. The van der Waals surface area contributed by atoms with Crippen molar-refractivity contribution in [3.05, 3.63) is 0 Å². The Morgan fingerprint density at radius 1 is 1.00 bits per heavy atom. The second-order valence-corrected chi connectivity index (χ2v) is 5.18. The van der Waals surface area contributed by atoms with Gasteiger partial charge < -0.3 is 10.1 Å². The molecule has 2 nitrogen and oxygen atoms in total. The van der Waals surface area contributed by atoms with Gasteiger partial charge in [0, 0.05) is 19.8 Å². The number of methoxy groups -OCH3 is 1. The van der Waals surface area contributed by atoms with Crippen LogP contribution in [0.25, 0.3) is 0 Å². The van der Waals surface area contributed by atoms with Gasteiger partial charge in [0.1, 0.15) is 0 Å². The van der Waals surface area contributed by atoms with E-state index < -0.39 is 0 Å². The standard InChI is InChI=1S/C15H33NO/c1-6-9-14(10-7-2)15(16-8-3)13(4)11-12-17-5/h13-16H,6-12H2,1-5H3. The molecule has 0 amide bonds. The first kappa shape index (κ1) is 16.9. The second kappa shape index (κ2) is 11.0. The van der Waals surface area contributed by atoms with Crippen molar-refractivity contribution < 1.29 is 4.74 Å². The number of ether oxygens (including phenoxy) is 1. The normalized spacial score (nSPS) is 15.2. The number of hydrogen-bond donors (Lipinski definition) is 1. The van der Waals surface area contributed by atoms with E-state index in [1.165, 1.54) is 25.7 Å². The van der Waals surface area contributed by atoms with Crippen LogP contribution in [0.3, 0.4) is 0 Å². The maximum Gasteiger partial charge on any atom is 0.0465 e. The van der Waals surface area contributed by atoms with Crippen LogP contribution in [0, 0.1) is 11.8 Å². The molecule has 0 spiro atoms. The Morgan fingerprint density at radius 3 is 2.00 bits per heavy atom. The third kappa shape index (κ3) is 7.05. The fraction of sp³-hybridized carbons (Fsp3) is 1.00. The molecule has 0 aromatic rings. The molecule has 0 saturated carbocycles. The SMILES string of the molecule is CCCC(CCC)C(NCC)C(C)CCOC. The predicted molar refractivity (Wildman–Crippen MR) is 76.4 cm³/mol. The lowest BCUT2D eigenvalue weighted by atomic mass is 9.82. The predicted octanol–water partition coefficient (Wildman–Crippen LogP) is 3.85. The Labute approximate surface area is 109 Å². The zero-order valence-corrected chi connectivity index (χ0v) is 12.6. The van der Waals surface area contributed by atoms with E-state index in [1.807, 2.05) is 0 Å². The van der Waals surface area contributed by atoms with Gasteiger partial charge in [0.05, 0.1) is 0 Å². The average molecular weight is 243 g/mol. The first-order valence-electron chi connectivity index (χ1n) is 7.43. The largest absolute Gasteiger partial charge is 0.385 e. The molecule has 17 heavy (non-hydrogen) atoms. The van der Waals surface area contributed by atoms with Gasteiger partial charge in [-0.25, -0.2) is 0 Å². The quantitative estimate of drug-likeness (QED) is 0.595. The minimum atomic E-state index is 0.662. The summed E-state index contributed by atoms with van der Waals surface area (Å²) in [4.78, 5) is 0. The molecule has 0 aliphatic rings. The first-order valence-corrected chi connectivity index (χ1v) is 7.43. The highest BCUT2D eigenvalue weighted by Gasteiger charge is 2.24. The van der Waals surface area contributed by atoms with Gasteiger partial charge in [0.15, 0.2) is 0 Å². The van der Waals surface area contributed by atoms with Gasteiger partial charge in [0.2, 0.25) is 0 Å². The smallest absolute Gasteiger partial charge is 0.0465 e. The van der Waals surface area contributed by atoms with Crippen molar-refractivity contribution in [2.24, 2.45) is 11.8 Å². The maximum atomic E-state index is 5.21. The van der Waals surface area contributed by atoms with Crippen LogP contribution in [0.4, 0.5) is 0 Å². The molecule has 0 aromatic carbocycles. The van der Waals surface area contributed by atoms with E-state index in [9.17, 15) is 0 Å². The van der Waals surface area contributed by atoms with E-state index >= 15 is 0 Å². The summed E-state index contributed by atoms with van der Waals surface area (Å²) >= 11 is 0. The minimum absolute atomic E-state index is 0.662. The highest BCUT2D eigenvalue weighted by molar-refractivity contribution is 4.80. The van der Waals surface area contributed by atoms with Crippen LogP contribution in [0.5, 0.6) is 0 Å². The first-order chi connectivity index (χ1) is 8.21. The third-order valence-electron chi connectivity index (χ3n) is 3.66. The van der Waals surface area contributed by atoms with E-state index in [-0.39, 0.29) is 0 Å². The van der Waals surface area contributed by atoms with Crippen molar-refractivity contribution >= 4 is 0 Å². The summed E-state index contributed by atoms with van der Waals surface area (Å²) in [7, 11) is 1.80. The van der Waals surface area contributed by atoms with Crippen molar-refractivity contribution in [3.8, 4) is 0 Å². The number of rotatable bonds is 11. The lowest BCUT2D eigenvalue weighted by Crippen LogP contribution is -2.41. The molecule has 0 aromatic heterocycles. The summed E-state index contributed by atoms with van der Waals surface area (Å²) in [6.45, 7) is 11.1. The van der Waals surface area contributed by atoms with Crippen LogP contribution >= 0.6 is 0 Å². The van der Waals surface area contributed by atoms with Gasteiger partial charge in [-0.3, -0.25) is 0 Å². The Hall–Kier alpha value is -0.0800. The van der Waals surface area contributed by atoms with Crippen LogP contribution in [-0.4, -0.2) is 26.3 Å². The molecule has 1 N–H and O–H groups in total. The number of nitrogens with one attached hydrogen (secondary N) is 1. The number of hydrogen-bond acceptors (Lipinski definition) is 2. The molecule has 2 heteroatoms. The fourth-order valence-electron chi connectivity index (χ4n) is 2.80. The van der Waals surface area contributed by atoms with Gasteiger partial charge in [0.25, 0.3) is 0 Å². The van der Waals surface area contributed by atoms with E-state index in [0.717, 1.165) is 25.5 Å². The van der Waals surface area contributed by atoms with Gasteiger partial charge in [-0.05, 0) is 37.6 Å². The molecular weight excluding hydrogens is 210 g/mol. The van der Waals surface area contributed by atoms with Crippen molar-refractivity contribution in [2.45, 2.75) is 65.8 Å². The molecule has 0 heterocycles. The highest BCUT2D eigenvalue weighted by atomic mass is 16.5. The van der Waals surface area contributed by atoms with Gasteiger partial charge in [-0.15, -0.1) is 0 Å². The maximum absolute atomic E-state index is 5.21. The summed E-state index contributed by atoms with van der Waals surface area (Å²) in [6, 6.07) is 0.662. The summed E-state index contributed by atoms with van der Waals surface area (Å²) in [6.07, 6.45) is 6.46. The van der Waals surface area contributed by atoms with Crippen molar-refractivity contribution in [2.75, 3.05) is 20.3 Å². The van der Waals surface area contributed by atoms with Crippen molar-refractivity contribution in [1.82, 2.24) is 5.32 Å². The van der Waals surface area contributed by atoms with Crippen molar-refractivity contribution in [3.63, 3.8) is 0 Å².